The summed E-state index contributed by atoms with van der Waals surface area (Å²) in [5, 5.41) is 71.9. The first kappa shape index (κ1) is 59.3. The summed E-state index contributed by atoms with van der Waals surface area (Å²) in [6, 6.07) is 0. The average Bonchev–Trinajstić information content (AvgIpc) is 3.30. The Kier molecular flexibility index (Phi) is 35.7. The molecule has 14 nitrogen and oxygen atoms in total. The summed E-state index contributed by atoms with van der Waals surface area (Å²) < 4.78 is 34.1. The Hall–Kier alpha value is -1.79. The number of ether oxygens (including phenoxy) is 6. The molecule has 2 aliphatic heterocycles. The van der Waals surface area contributed by atoms with E-state index in [0.29, 0.717) is 13.0 Å². The lowest BCUT2D eigenvalue weighted by atomic mass is 9.98. The van der Waals surface area contributed by atoms with Crippen molar-refractivity contribution in [2.45, 2.75) is 248 Å². The number of hydrogen-bond acceptors (Lipinski definition) is 14. The van der Waals surface area contributed by atoms with Crippen LogP contribution in [0.1, 0.15) is 181 Å². The molecule has 2 aliphatic rings. The number of hydrogen-bond donors (Lipinski definition) is 7. The number of rotatable bonds is 40. The van der Waals surface area contributed by atoms with Crippen LogP contribution in [-0.2, 0) is 33.2 Å². The number of esters is 1. The SMILES string of the molecule is CCCCCCC/C=C\C/C=C\C/C=C\CCCCCCCCCCCCC(=O)OC(COCCCCCCCC)COC1OC(COC2OC(CO)C(O)C(O)C2O)C(O)C(O)C1O. The Balaban J connectivity index is 1.65. The Morgan fingerprint density at radius 2 is 0.954 bits per heavy atom. The standard InChI is InChI=1S/C51H92O14/c1-3-5-7-9-11-12-13-14-15-16-17-18-19-20-21-22-23-24-25-26-27-28-29-30-32-34-43(53)63-40(37-60-35-33-31-10-8-6-4-2)38-61-50-49(59)47(57)45(55)42(65-50)39-62-51-48(58)46(56)44(54)41(36-52)64-51/h13-14,16-17,19-20,40-42,44-52,54-59H,3-12,15,18,21-39H2,1-2H3/b14-13-,17-16-,20-19-. The van der Waals surface area contributed by atoms with E-state index < -0.39 is 80.7 Å². The van der Waals surface area contributed by atoms with E-state index >= 15 is 0 Å². The second kappa shape index (κ2) is 39.1. The molecule has 2 saturated heterocycles. The van der Waals surface area contributed by atoms with Gasteiger partial charge in [-0.2, -0.15) is 0 Å². The summed E-state index contributed by atoms with van der Waals surface area (Å²) in [7, 11) is 0. The van der Waals surface area contributed by atoms with Crippen LogP contribution >= 0.6 is 0 Å². The van der Waals surface area contributed by atoms with E-state index in [1.165, 1.54) is 96.3 Å². The van der Waals surface area contributed by atoms with Crippen LogP contribution in [0.15, 0.2) is 36.5 Å². The average molecular weight is 929 g/mol. The first-order chi connectivity index (χ1) is 31.6. The molecule has 0 saturated carbocycles. The van der Waals surface area contributed by atoms with Gasteiger partial charge in [-0.3, -0.25) is 4.79 Å². The molecular formula is C51H92O14. The summed E-state index contributed by atoms with van der Waals surface area (Å²) in [5.41, 5.74) is 0. The molecule has 11 atom stereocenters. The fourth-order valence-corrected chi connectivity index (χ4v) is 7.94. The molecule has 380 valence electrons. The van der Waals surface area contributed by atoms with Crippen molar-refractivity contribution in [2.75, 3.05) is 33.0 Å². The third kappa shape index (κ3) is 27.1. The number of aliphatic hydroxyl groups excluding tert-OH is 7. The molecule has 2 fully saturated rings. The predicted octanol–water partition coefficient (Wildman–Crippen LogP) is 7.41. The highest BCUT2D eigenvalue weighted by atomic mass is 16.7. The van der Waals surface area contributed by atoms with E-state index in [9.17, 15) is 40.5 Å². The maximum atomic E-state index is 12.9. The van der Waals surface area contributed by atoms with Crippen LogP contribution in [0, 0.1) is 0 Å². The van der Waals surface area contributed by atoms with Gasteiger partial charge in [-0.15, -0.1) is 0 Å². The third-order valence-electron chi connectivity index (χ3n) is 12.2. The minimum atomic E-state index is -1.70. The van der Waals surface area contributed by atoms with E-state index in [1.807, 2.05) is 0 Å². The molecule has 0 bridgehead atoms. The Bertz CT molecular complexity index is 1220. The molecule has 11 unspecified atom stereocenters. The molecule has 0 amide bonds. The van der Waals surface area contributed by atoms with Crippen molar-refractivity contribution < 1.29 is 69.0 Å². The normalized spacial score (nSPS) is 26.8. The van der Waals surface area contributed by atoms with Gasteiger partial charge in [0.05, 0.1) is 26.4 Å². The van der Waals surface area contributed by atoms with E-state index in [4.69, 9.17) is 28.4 Å². The molecule has 7 N–H and O–H groups in total. The van der Waals surface area contributed by atoms with Crippen LogP contribution in [0.4, 0.5) is 0 Å². The zero-order valence-electron chi connectivity index (χ0n) is 40.2. The Morgan fingerprint density at radius 3 is 1.49 bits per heavy atom. The summed E-state index contributed by atoms with van der Waals surface area (Å²) in [4.78, 5) is 12.9. The highest BCUT2D eigenvalue weighted by molar-refractivity contribution is 5.69. The molecule has 2 heterocycles. The second-order valence-electron chi connectivity index (χ2n) is 18.0. The van der Waals surface area contributed by atoms with Gasteiger partial charge in [0.25, 0.3) is 0 Å². The summed E-state index contributed by atoms with van der Waals surface area (Å²) in [6.45, 7) is 3.61. The summed E-state index contributed by atoms with van der Waals surface area (Å²) >= 11 is 0. The Labute approximate surface area is 391 Å². The molecule has 2 rings (SSSR count). The molecular weight excluding hydrogens is 837 g/mol. The van der Waals surface area contributed by atoms with Gasteiger partial charge in [-0.25, -0.2) is 0 Å². The van der Waals surface area contributed by atoms with Gasteiger partial charge in [0.15, 0.2) is 12.6 Å². The van der Waals surface area contributed by atoms with Gasteiger partial charge < -0.3 is 64.2 Å². The molecule has 0 aromatic rings. The van der Waals surface area contributed by atoms with Crippen molar-refractivity contribution in [3.8, 4) is 0 Å². The van der Waals surface area contributed by atoms with Crippen molar-refractivity contribution in [1.82, 2.24) is 0 Å². The van der Waals surface area contributed by atoms with Gasteiger partial charge in [-0.1, -0.05) is 159 Å². The molecule has 0 aromatic carbocycles. The molecule has 65 heavy (non-hydrogen) atoms. The van der Waals surface area contributed by atoms with Crippen LogP contribution in [-0.4, -0.2) is 142 Å². The van der Waals surface area contributed by atoms with E-state index in [-0.39, 0.29) is 25.6 Å². The summed E-state index contributed by atoms with van der Waals surface area (Å²) in [5.74, 6) is -0.383. The van der Waals surface area contributed by atoms with Crippen molar-refractivity contribution in [1.29, 1.82) is 0 Å². The number of carbonyl (C=O) groups excluding carboxylic acids is 1. The van der Waals surface area contributed by atoms with Crippen molar-refractivity contribution in [3.05, 3.63) is 36.5 Å². The zero-order valence-corrected chi connectivity index (χ0v) is 40.2. The number of unbranched alkanes of at least 4 members (excludes halogenated alkanes) is 20. The fourth-order valence-electron chi connectivity index (χ4n) is 7.94. The summed E-state index contributed by atoms with van der Waals surface area (Å²) in [6.07, 6.45) is 26.8. The van der Waals surface area contributed by atoms with Crippen molar-refractivity contribution in [3.63, 3.8) is 0 Å². The molecule has 14 heteroatoms. The highest BCUT2D eigenvalue weighted by Gasteiger charge is 2.47. The predicted molar refractivity (Wildman–Crippen MR) is 252 cm³/mol. The van der Waals surface area contributed by atoms with Crippen molar-refractivity contribution >= 4 is 5.97 Å². The smallest absolute Gasteiger partial charge is 0.306 e. The van der Waals surface area contributed by atoms with Gasteiger partial charge in [0.1, 0.15) is 54.9 Å². The zero-order chi connectivity index (χ0) is 47.3. The van der Waals surface area contributed by atoms with Crippen LogP contribution in [0.3, 0.4) is 0 Å². The van der Waals surface area contributed by atoms with Gasteiger partial charge in [0, 0.05) is 13.0 Å². The van der Waals surface area contributed by atoms with Crippen LogP contribution < -0.4 is 0 Å². The Morgan fingerprint density at radius 1 is 0.508 bits per heavy atom. The third-order valence-corrected chi connectivity index (χ3v) is 12.2. The van der Waals surface area contributed by atoms with E-state index in [1.54, 1.807) is 0 Å². The maximum Gasteiger partial charge on any atom is 0.306 e. The highest BCUT2D eigenvalue weighted by Crippen LogP contribution is 2.26. The maximum absolute atomic E-state index is 12.9. The lowest BCUT2D eigenvalue weighted by Gasteiger charge is -2.42. The first-order valence-corrected chi connectivity index (χ1v) is 25.6. The first-order valence-electron chi connectivity index (χ1n) is 25.6. The number of carbonyl (C=O) groups is 1. The topological polar surface area (TPSA) is 214 Å². The monoisotopic (exact) mass is 929 g/mol. The minimum absolute atomic E-state index is 0.0598. The molecule has 0 radical (unpaired) electrons. The lowest BCUT2D eigenvalue weighted by Crippen LogP contribution is -2.61. The van der Waals surface area contributed by atoms with Gasteiger partial charge in [-0.05, 0) is 51.4 Å². The minimum Gasteiger partial charge on any atom is -0.457 e. The quantitative estimate of drug-likeness (QED) is 0.0181. The molecule has 0 aliphatic carbocycles. The van der Waals surface area contributed by atoms with Gasteiger partial charge >= 0.3 is 5.97 Å². The fraction of sp³-hybridized carbons (Fsp3) is 0.863. The molecule has 0 aromatic heterocycles. The van der Waals surface area contributed by atoms with Gasteiger partial charge in [0.2, 0.25) is 0 Å². The largest absolute Gasteiger partial charge is 0.457 e. The van der Waals surface area contributed by atoms with Crippen LogP contribution in [0.25, 0.3) is 0 Å². The lowest BCUT2D eigenvalue weighted by molar-refractivity contribution is -0.332. The van der Waals surface area contributed by atoms with E-state index in [2.05, 4.69) is 50.3 Å². The second-order valence-corrected chi connectivity index (χ2v) is 18.0. The number of aliphatic hydroxyl groups is 7. The van der Waals surface area contributed by atoms with E-state index in [0.717, 1.165) is 57.8 Å². The van der Waals surface area contributed by atoms with Crippen LogP contribution in [0.5, 0.6) is 0 Å². The number of allylic oxidation sites excluding steroid dienone is 6. The van der Waals surface area contributed by atoms with Crippen molar-refractivity contribution in [2.24, 2.45) is 0 Å². The van der Waals surface area contributed by atoms with Crippen LogP contribution in [0.2, 0.25) is 0 Å². The molecule has 0 spiro atoms.